The molecule has 0 amide bonds. The molecule has 3 atom stereocenters. The van der Waals surface area contributed by atoms with Crippen molar-refractivity contribution in [1.82, 2.24) is 5.32 Å². The summed E-state index contributed by atoms with van der Waals surface area (Å²) in [5.74, 6) is -0.0513. The van der Waals surface area contributed by atoms with Crippen LogP contribution < -0.4 is 5.32 Å². The highest BCUT2D eigenvalue weighted by Crippen LogP contribution is 2.16. The van der Waals surface area contributed by atoms with Crippen LogP contribution >= 0.6 is 0 Å². The monoisotopic (exact) mass is 263 g/mol. The van der Waals surface area contributed by atoms with Gasteiger partial charge in [-0.15, -0.1) is 0 Å². The second kappa shape index (κ2) is 5.65. The van der Waals surface area contributed by atoms with Gasteiger partial charge in [-0.1, -0.05) is 0 Å². The van der Waals surface area contributed by atoms with Crippen LogP contribution in [0.3, 0.4) is 0 Å². The minimum Gasteiger partial charge on any atom is -0.390 e. The molecule has 0 aromatic carbocycles. The standard InChI is InChI=1S/C11H21NO4S/c13-11-8-17(14,15)7-10(11)12-5-4-9-3-1-2-6-16-9/h9-13H,1-8H2. The van der Waals surface area contributed by atoms with E-state index in [9.17, 15) is 13.5 Å². The Hall–Kier alpha value is -0.170. The summed E-state index contributed by atoms with van der Waals surface area (Å²) < 4.78 is 28.2. The predicted molar refractivity (Wildman–Crippen MR) is 64.7 cm³/mol. The van der Waals surface area contributed by atoms with Crippen LogP contribution in [0, 0.1) is 0 Å². The second-order valence-electron chi connectivity index (χ2n) is 4.98. The fraction of sp³-hybridized carbons (Fsp3) is 1.00. The first-order valence-corrected chi connectivity index (χ1v) is 8.12. The molecular weight excluding hydrogens is 242 g/mol. The molecule has 5 nitrogen and oxygen atoms in total. The van der Waals surface area contributed by atoms with Gasteiger partial charge in [0.2, 0.25) is 0 Å². The maximum atomic E-state index is 11.3. The molecule has 2 heterocycles. The van der Waals surface area contributed by atoms with Crippen molar-refractivity contribution in [3.63, 3.8) is 0 Å². The summed E-state index contributed by atoms with van der Waals surface area (Å²) >= 11 is 0. The normalized spacial score (nSPS) is 37.1. The van der Waals surface area contributed by atoms with Gasteiger partial charge in [-0.25, -0.2) is 8.42 Å². The summed E-state index contributed by atoms with van der Waals surface area (Å²) in [7, 11) is -3.04. The summed E-state index contributed by atoms with van der Waals surface area (Å²) in [6.07, 6.45) is 3.88. The molecular formula is C11H21NO4S. The fourth-order valence-electron chi connectivity index (χ4n) is 2.49. The maximum Gasteiger partial charge on any atom is 0.154 e. The number of nitrogens with one attached hydrogen (secondary N) is 1. The zero-order valence-corrected chi connectivity index (χ0v) is 10.8. The van der Waals surface area contributed by atoms with E-state index in [1.54, 1.807) is 0 Å². The summed E-state index contributed by atoms with van der Waals surface area (Å²) in [4.78, 5) is 0. The molecule has 0 aliphatic carbocycles. The van der Waals surface area contributed by atoms with Crippen molar-refractivity contribution in [2.24, 2.45) is 0 Å². The highest BCUT2D eigenvalue weighted by molar-refractivity contribution is 7.91. The molecule has 0 bridgehead atoms. The van der Waals surface area contributed by atoms with Gasteiger partial charge in [0.1, 0.15) is 0 Å². The number of ether oxygens (including phenoxy) is 1. The summed E-state index contributed by atoms with van der Waals surface area (Å²) in [6.45, 7) is 1.55. The lowest BCUT2D eigenvalue weighted by molar-refractivity contribution is 0.0106. The van der Waals surface area contributed by atoms with Gasteiger partial charge in [0.25, 0.3) is 0 Å². The lowest BCUT2D eigenvalue weighted by Gasteiger charge is -2.23. The predicted octanol–water partition coefficient (Wildman–Crippen LogP) is -0.307. The van der Waals surface area contributed by atoms with E-state index in [0.29, 0.717) is 12.6 Å². The number of sulfone groups is 1. The minimum absolute atomic E-state index is 0.0552. The topological polar surface area (TPSA) is 75.6 Å². The molecule has 2 fully saturated rings. The lowest BCUT2D eigenvalue weighted by atomic mass is 10.1. The van der Waals surface area contributed by atoms with Gasteiger partial charge in [-0.05, 0) is 32.2 Å². The molecule has 17 heavy (non-hydrogen) atoms. The zero-order valence-electron chi connectivity index (χ0n) is 9.97. The molecule has 3 unspecified atom stereocenters. The van der Waals surface area contributed by atoms with Gasteiger partial charge in [0.15, 0.2) is 9.84 Å². The smallest absolute Gasteiger partial charge is 0.154 e. The quantitative estimate of drug-likeness (QED) is 0.728. The Morgan fingerprint density at radius 1 is 1.29 bits per heavy atom. The molecule has 0 radical (unpaired) electrons. The molecule has 0 spiro atoms. The maximum absolute atomic E-state index is 11.3. The van der Waals surface area contributed by atoms with Gasteiger partial charge in [0, 0.05) is 12.6 Å². The Morgan fingerprint density at radius 3 is 2.71 bits per heavy atom. The minimum atomic E-state index is -3.04. The van der Waals surface area contributed by atoms with Crippen molar-refractivity contribution in [2.45, 2.75) is 43.9 Å². The first-order chi connectivity index (χ1) is 8.07. The summed E-state index contributed by atoms with van der Waals surface area (Å²) in [5, 5.41) is 12.7. The molecule has 0 aromatic heterocycles. The third-order valence-corrected chi connectivity index (χ3v) is 5.19. The van der Waals surface area contributed by atoms with Crippen LogP contribution in [-0.4, -0.2) is 56.4 Å². The van der Waals surface area contributed by atoms with Crippen molar-refractivity contribution in [1.29, 1.82) is 0 Å². The highest BCUT2D eigenvalue weighted by atomic mass is 32.2. The number of rotatable bonds is 4. The van der Waals surface area contributed by atoms with Crippen molar-refractivity contribution >= 4 is 9.84 Å². The summed E-state index contributed by atoms with van der Waals surface area (Å²) in [5.41, 5.74) is 0. The first-order valence-electron chi connectivity index (χ1n) is 6.30. The SMILES string of the molecule is O=S1(=O)CC(O)C(NCCC2CCCCO2)C1. The number of aliphatic hydroxyl groups is 1. The third kappa shape index (κ3) is 3.91. The second-order valence-corrected chi connectivity index (χ2v) is 7.14. The van der Waals surface area contributed by atoms with E-state index in [0.717, 1.165) is 25.9 Å². The van der Waals surface area contributed by atoms with Crippen molar-refractivity contribution in [2.75, 3.05) is 24.7 Å². The fourth-order valence-corrected chi connectivity index (χ4v) is 4.26. The Bertz CT molecular complexity index is 337. The third-order valence-electron chi connectivity index (χ3n) is 3.47. The average molecular weight is 263 g/mol. The van der Waals surface area contributed by atoms with Gasteiger partial charge < -0.3 is 15.2 Å². The van der Waals surface area contributed by atoms with E-state index in [1.165, 1.54) is 6.42 Å². The Morgan fingerprint density at radius 2 is 2.12 bits per heavy atom. The number of hydrogen-bond acceptors (Lipinski definition) is 5. The molecule has 2 aliphatic heterocycles. The van der Waals surface area contributed by atoms with Crippen molar-refractivity contribution in [3.05, 3.63) is 0 Å². The molecule has 2 N–H and O–H groups in total. The van der Waals surface area contributed by atoms with Crippen LogP contribution in [0.15, 0.2) is 0 Å². The van der Waals surface area contributed by atoms with Crippen LogP contribution in [0.2, 0.25) is 0 Å². The van der Waals surface area contributed by atoms with Crippen LogP contribution in [0.5, 0.6) is 0 Å². The molecule has 0 aromatic rings. The van der Waals surface area contributed by atoms with E-state index in [2.05, 4.69) is 5.32 Å². The van der Waals surface area contributed by atoms with Crippen LogP contribution in [0.4, 0.5) is 0 Å². The van der Waals surface area contributed by atoms with Gasteiger partial charge in [-0.2, -0.15) is 0 Å². The van der Waals surface area contributed by atoms with Crippen LogP contribution in [0.25, 0.3) is 0 Å². The van der Waals surface area contributed by atoms with E-state index in [4.69, 9.17) is 4.74 Å². The lowest BCUT2D eigenvalue weighted by Crippen LogP contribution is -2.40. The summed E-state index contributed by atoms with van der Waals surface area (Å²) in [6, 6.07) is -0.302. The highest BCUT2D eigenvalue weighted by Gasteiger charge is 2.35. The van der Waals surface area contributed by atoms with E-state index >= 15 is 0 Å². The first kappa shape index (κ1) is 13.3. The molecule has 0 saturated carbocycles. The van der Waals surface area contributed by atoms with Crippen molar-refractivity contribution in [3.8, 4) is 0 Å². The zero-order chi connectivity index (χ0) is 12.3. The largest absolute Gasteiger partial charge is 0.390 e. The van der Waals surface area contributed by atoms with Gasteiger partial charge >= 0.3 is 0 Å². The average Bonchev–Trinajstić information content (AvgIpc) is 2.53. The molecule has 6 heteroatoms. The van der Waals surface area contributed by atoms with Crippen molar-refractivity contribution < 1.29 is 18.3 Å². The molecule has 2 aliphatic rings. The Kier molecular flexibility index (Phi) is 4.41. The number of aliphatic hydroxyl groups excluding tert-OH is 1. The van der Waals surface area contributed by atoms with E-state index in [-0.39, 0.29) is 17.5 Å². The number of hydrogen-bond donors (Lipinski definition) is 2. The van der Waals surface area contributed by atoms with E-state index in [1.807, 2.05) is 0 Å². The van der Waals surface area contributed by atoms with Gasteiger partial charge in [-0.3, -0.25) is 0 Å². The molecule has 100 valence electrons. The van der Waals surface area contributed by atoms with E-state index < -0.39 is 15.9 Å². The van der Waals surface area contributed by atoms with Gasteiger partial charge in [0.05, 0.1) is 23.7 Å². The Balaban J connectivity index is 1.68. The molecule has 2 saturated heterocycles. The Labute approximate surface area is 102 Å². The van der Waals surface area contributed by atoms with Crippen LogP contribution in [-0.2, 0) is 14.6 Å². The van der Waals surface area contributed by atoms with Crippen LogP contribution in [0.1, 0.15) is 25.7 Å². The molecule has 2 rings (SSSR count).